The van der Waals surface area contributed by atoms with Gasteiger partial charge in [-0.25, -0.2) is 19.2 Å². The number of nitrogens with one attached hydrogen (secondary N) is 1. The number of amides is 1. The summed E-state index contributed by atoms with van der Waals surface area (Å²) in [5.74, 6) is 0.646. The Labute approximate surface area is 165 Å². The van der Waals surface area contributed by atoms with Gasteiger partial charge in [0.05, 0.1) is 23.2 Å². The number of carbonyl (C=O) groups excluding carboxylic acids is 1. The second-order valence-electron chi connectivity index (χ2n) is 6.78. The Morgan fingerprint density at radius 1 is 1.32 bits per heavy atom. The minimum Gasteiger partial charge on any atom is -0.348 e. The van der Waals surface area contributed by atoms with Gasteiger partial charge >= 0.3 is 0 Å². The molecule has 4 aromatic rings. The molecule has 5 rings (SSSR count). The molecule has 0 saturated carbocycles. The fraction of sp³-hybridized carbons (Fsp3) is 0.278. The summed E-state index contributed by atoms with van der Waals surface area (Å²) in [5, 5.41) is 9.37. The van der Waals surface area contributed by atoms with Gasteiger partial charge in [-0.3, -0.25) is 4.79 Å². The molecule has 1 aliphatic heterocycles. The van der Waals surface area contributed by atoms with E-state index in [0.717, 1.165) is 16.9 Å². The Balaban J connectivity index is 1.65. The van der Waals surface area contributed by atoms with Gasteiger partial charge in [-0.15, -0.1) is 0 Å². The summed E-state index contributed by atoms with van der Waals surface area (Å²) in [6.07, 6.45) is 2.34. The lowest BCUT2D eigenvalue weighted by atomic mass is 9.99. The highest BCUT2D eigenvalue weighted by atomic mass is 35.5. The van der Waals surface area contributed by atoms with E-state index in [1.54, 1.807) is 35.8 Å². The van der Waals surface area contributed by atoms with E-state index < -0.39 is 6.04 Å². The van der Waals surface area contributed by atoms with E-state index in [1.165, 1.54) is 4.68 Å². The molecule has 9 nitrogen and oxygen atoms in total. The Bertz CT molecular complexity index is 1210. The molecular formula is C18H17ClN8O. The molecule has 1 amide bonds. The predicted octanol–water partition coefficient (Wildman–Crippen LogP) is 1.94. The summed E-state index contributed by atoms with van der Waals surface area (Å²) in [4.78, 5) is 27.0. The molecule has 0 spiro atoms. The summed E-state index contributed by atoms with van der Waals surface area (Å²) in [6, 6.07) is 7.07. The van der Waals surface area contributed by atoms with E-state index in [-0.39, 0.29) is 5.91 Å². The van der Waals surface area contributed by atoms with Crippen LogP contribution in [-0.4, -0.2) is 51.7 Å². The van der Waals surface area contributed by atoms with Crippen LogP contribution in [-0.2, 0) is 13.5 Å². The summed E-state index contributed by atoms with van der Waals surface area (Å²) in [5.41, 5.74) is 3.35. The van der Waals surface area contributed by atoms with Gasteiger partial charge in [-0.1, -0.05) is 17.7 Å². The number of H-pyrrole nitrogens is 1. The Morgan fingerprint density at radius 3 is 2.93 bits per heavy atom. The van der Waals surface area contributed by atoms with Crippen molar-refractivity contribution in [3.8, 4) is 0 Å². The van der Waals surface area contributed by atoms with Gasteiger partial charge < -0.3 is 9.88 Å². The van der Waals surface area contributed by atoms with Crippen LogP contribution in [0.4, 0.5) is 0 Å². The number of hydrogen-bond donors (Lipinski definition) is 1. The molecule has 0 bridgehead atoms. The molecule has 28 heavy (non-hydrogen) atoms. The van der Waals surface area contributed by atoms with Gasteiger partial charge in [0.15, 0.2) is 0 Å². The third-order valence-corrected chi connectivity index (χ3v) is 5.27. The molecule has 1 aliphatic rings. The lowest BCUT2D eigenvalue weighted by Gasteiger charge is -2.33. The van der Waals surface area contributed by atoms with Gasteiger partial charge in [0.25, 0.3) is 5.91 Å². The number of hydrogen-bond acceptors (Lipinski definition) is 5. The van der Waals surface area contributed by atoms with Gasteiger partial charge in [0.1, 0.15) is 17.0 Å². The molecule has 0 saturated heterocycles. The number of carbonyl (C=O) groups is 1. The molecular weight excluding hydrogens is 380 g/mol. The standard InChI is InChI=1S/C18H17ClN8O/c1-10-22-17(25(2)23-10)18(28)26-7-6-12-15(21-9-20-12)16(26)13-8-11-4-3-5-14(19)27(11)24-13/h3-5,8-9,16H,6-7H2,1-2H3,(H,20,21). The van der Waals surface area contributed by atoms with Crippen molar-refractivity contribution in [1.82, 2.24) is 39.2 Å². The number of nitrogens with zero attached hydrogens (tertiary/aromatic N) is 7. The molecule has 0 aliphatic carbocycles. The lowest BCUT2D eigenvalue weighted by molar-refractivity contribution is 0.0669. The average molecular weight is 397 g/mol. The highest BCUT2D eigenvalue weighted by Crippen LogP contribution is 2.34. The first-order valence-corrected chi connectivity index (χ1v) is 9.25. The van der Waals surface area contributed by atoms with Gasteiger partial charge in [-0.05, 0) is 25.1 Å². The Kier molecular flexibility index (Phi) is 3.73. The summed E-state index contributed by atoms with van der Waals surface area (Å²) < 4.78 is 3.17. The fourth-order valence-electron chi connectivity index (χ4n) is 3.76. The van der Waals surface area contributed by atoms with Crippen molar-refractivity contribution >= 4 is 23.0 Å². The number of aromatic nitrogens is 7. The zero-order chi connectivity index (χ0) is 19.4. The number of aryl methyl sites for hydroxylation is 2. The monoisotopic (exact) mass is 396 g/mol. The summed E-state index contributed by atoms with van der Waals surface area (Å²) >= 11 is 6.28. The SMILES string of the molecule is Cc1nc(C(=O)N2CCc3[nH]cnc3C2c2cc3cccc(Cl)n3n2)n(C)n1. The van der Waals surface area contributed by atoms with Crippen molar-refractivity contribution in [1.29, 1.82) is 0 Å². The third kappa shape index (κ3) is 2.50. The lowest BCUT2D eigenvalue weighted by Crippen LogP contribution is -2.42. The highest BCUT2D eigenvalue weighted by Gasteiger charge is 2.37. The zero-order valence-electron chi connectivity index (χ0n) is 15.3. The van der Waals surface area contributed by atoms with E-state index in [4.69, 9.17) is 11.6 Å². The molecule has 4 aromatic heterocycles. The maximum Gasteiger partial charge on any atom is 0.292 e. The van der Waals surface area contributed by atoms with E-state index in [0.29, 0.717) is 35.5 Å². The van der Waals surface area contributed by atoms with Gasteiger partial charge in [0.2, 0.25) is 5.82 Å². The van der Waals surface area contributed by atoms with E-state index >= 15 is 0 Å². The molecule has 1 N–H and O–H groups in total. The molecule has 142 valence electrons. The quantitative estimate of drug-likeness (QED) is 0.522. The second kappa shape index (κ2) is 6.16. The average Bonchev–Trinajstić information content (AvgIpc) is 3.38. The maximum absolute atomic E-state index is 13.3. The van der Waals surface area contributed by atoms with Crippen LogP contribution in [0.2, 0.25) is 5.15 Å². The van der Waals surface area contributed by atoms with Crippen molar-refractivity contribution in [3.63, 3.8) is 0 Å². The number of fused-ring (bicyclic) bond motifs is 2. The first kappa shape index (κ1) is 16.9. The van der Waals surface area contributed by atoms with E-state index in [2.05, 4.69) is 25.1 Å². The summed E-state index contributed by atoms with van der Waals surface area (Å²) in [7, 11) is 1.72. The van der Waals surface area contributed by atoms with Crippen molar-refractivity contribution in [2.45, 2.75) is 19.4 Å². The first-order valence-electron chi connectivity index (χ1n) is 8.88. The molecule has 0 fully saturated rings. The normalized spacial score (nSPS) is 16.5. The number of imidazole rings is 1. The van der Waals surface area contributed by atoms with Crippen LogP contribution < -0.4 is 0 Å². The van der Waals surface area contributed by atoms with Gasteiger partial charge in [0, 0.05) is 25.7 Å². The number of halogens is 1. The predicted molar refractivity (Wildman–Crippen MR) is 101 cm³/mol. The number of pyridine rings is 1. The third-order valence-electron chi connectivity index (χ3n) is 4.99. The van der Waals surface area contributed by atoms with Crippen LogP contribution in [0, 0.1) is 6.92 Å². The van der Waals surface area contributed by atoms with E-state index in [9.17, 15) is 4.79 Å². The first-order chi connectivity index (χ1) is 13.5. The van der Waals surface area contributed by atoms with Crippen molar-refractivity contribution in [2.24, 2.45) is 7.05 Å². The van der Waals surface area contributed by atoms with E-state index in [1.807, 2.05) is 18.2 Å². The van der Waals surface area contributed by atoms with Crippen LogP contribution in [0.25, 0.3) is 5.52 Å². The smallest absolute Gasteiger partial charge is 0.292 e. The Hall–Kier alpha value is -3.20. The molecule has 1 atom stereocenters. The van der Waals surface area contributed by atoms with Crippen molar-refractivity contribution in [2.75, 3.05) is 6.54 Å². The highest BCUT2D eigenvalue weighted by molar-refractivity contribution is 6.29. The molecule has 0 radical (unpaired) electrons. The van der Waals surface area contributed by atoms with Crippen LogP contribution in [0.1, 0.15) is 39.6 Å². The zero-order valence-corrected chi connectivity index (χ0v) is 16.1. The minimum absolute atomic E-state index is 0.204. The Morgan fingerprint density at radius 2 is 2.18 bits per heavy atom. The molecule has 10 heteroatoms. The topological polar surface area (TPSA) is 97.0 Å². The van der Waals surface area contributed by atoms with Crippen LogP contribution >= 0.6 is 11.6 Å². The minimum atomic E-state index is -0.435. The van der Waals surface area contributed by atoms with Crippen LogP contribution in [0.5, 0.6) is 0 Å². The van der Waals surface area contributed by atoms with Crippen molar-refractivity contribution < 1.29 is 4.79 Å². The molecule has 1 unspecified atom stereocenters. The molecule has 5 heterocycles. The second-order valence-corrected chi connectivity index (χ2v) is 7.17. The maximum atomic E-state index is 13.3. The van der Waals surface area contributed by atoms with Crippen LogP contribution in [0.15, 0.2) is 30.6 Å². The molecule has 0 aromatic carbocycles. The number of aromatic amines is 1. The van der Waals surface area contributed by atoms with Crippen LogP contribution in [0.3, 0.4) is 0 Å². The summed E-state index contributed by atoms with van der Waals surface area (Å²) in [6.45, 7) is 2.28. The van der Waals surface area contributed by atoms with Crippen molar-refractivity contribution in [3.05, 3.63) is 64.5 Å². The largest absolute Gasteiger partial charge is 0.348 e. The fourth-order valence-corrected chi connectivity index (χ4v) is 3.97. The van der Waals surface area contributed by atoms with Gasteiger partial charge in [-0.2, -0.15) is 10.2 Å². The number of rotatable bonds is 2.